The molecule has 176 valence electrons. The molecule has 1 aliphatic heterocycles. The van der Waals surface area contributed by atoms with E-state index in [9.17, 15) is 26.4 Å². The van der Waals surface area contributed by atoms with Gasteiger partial charge in [-0.25, -0.2) is 17.9 Å². The molecule has 4 rings (SSSR count). The maximum Gasteiger partial charge on any atom is 0.416 e. The Morgan fingerprint density at radius 3 is 2.61 bits per heavy atom. The summed E-state index contributed by atoms with van der Waals surface area (Å²) in [7, 11) is -1.72. The van der Waals surface area contributed by atoms with Crippen molar-refractivity contribution in [3.05, 3.63) is 68.4 Å². The number of fused-ring (bicyclic) bond motifs is 1. The van der Waals surface area contributed by atoms with Crippen LogP contribution in [-0.4, -0.2) is 40.3 Å². The summed E-state index contributed by atoms with van der Waals surface area (Å²) in [4.78, 5) is 18.1. The highest BCUT2D eigenvalue weighted by Gasteiger charge is 2.35. The molecular weight excluding hydrogens is 502 g/mol. The van der Waals surface area contributed by atoms with Gasteiger partial charge in [0, 0.05) is 24.9 Å². The molecule has 1 atom stereocenters. The molecule has 2 aromatic heterocycles. The summed E-state index contributed by atoms with van der Waals surface area (Å²) in [6.07, 6.45) is -1.92. The SMILES string of the molecule is CS(=O)(=O)c1nc2c(n1Cc1ccccc1C(F)(F)F)CCN(c1cnn(P)c(=O)c1Cl)C2. The molecule has 0 amide bonds. The summed E-state index contributed by atoms with van der Waals surface area (Å²) < 4.78 is 67.7. The van der Waals surface area contributed by atoms with E-state index >= 15 is 0 Å². The van der Waals surface area contributed by atoms with E-state index in [4.69, 9.17) is 11.6 Å². The van der Waals surface area contributed by atoms with Crippen LogP contribution in [0.3, 0.4) is 0 Å². The second-order valence-electron chi connectivity index (χ2n) is 7.57. The highest BCUT2D eigenvalue weighted by molar-refractivity contribution is 7.90. The standard InChI is InChI=1S/C19H18ClF3N5O3PS/c1-33(30,31)18-25-13-10-26(15-8-24-28(32)17(29)16(15)20)7-6-14(13)27(18)9-11-4-2-3-5-12(11)19(21,22)23/h2-5,8H,6-7,9-10,32H2,1H3. The molecule has 8 nitrogen and oxygen atoms in total. The largest absolute Gasteiger partial charge is 0.416 e. The first-order valence-corrected chi connectivity index (χ1v) is 12.4. The van der Waals surface area contributed by atoms with E-state index in [1.54, 1.807) is 4.90 Å². The molecule has 0 fully saturated rings. The van der Waals surface area contributed by atoms with Gasteiger partial charge in [0.2, 0.25) is 15.0 Å². The average molecular weight is 520 g/mol. The van der Waals surface area contributed by atoms with Gasteiger partial charge in [0.15, 0.2) is 0 Å². The third kappa shape index (κ3) is 4.51. The first-order chi connectivity index (χ1) is 15.4. The first kappa shape index (κ1) is 23.7. The molecule has 3 aromatic rings. The summed E-state index contributed by atoms with van der Waals surface area (Å²) in [5.74, 6) is 0. The van der Waals surface area contributed by atoms with Gasteiger partial charge in [0.1, 0.15) is 5.02 Å². The number of benzene rings is 1. The van der Waals surface area contributed by atoms with E-state index in [2.05, 4.69) is 19.5 Å². The number of nitrogens with zero attached hydrogens (tertiary/aromatic N) is 5. The van der Waals surface area contributed by atoms with E-state index in [1.165, 1.54) is 29.0 Å². The fourth-order valence-corrected chi connectivity index (χ4v) is 5.22. The molecular formula is C19H18ClF3N5O3PS. The van der Waals surface area contributed by atoms with Crippen LogP contribution in [0.15, 0.2) is 40.4 Å². The zero-order valence-electron chi connectivity index (χ0n) is 17.2. The lowest BCUT2D eigenvalue weighted by molar-refractivity contribution is -0.138. The van der Waals surface area contributed by atoms with Gasteiger partial charge in [0.05, 0.1) is 36.2 Å². The van der Waals surface area contributed by atoms with Gasteiger partial charge in [0.25, 0.3) is 5.56 Å². The van der Waals surface area contributed by atoms with Crippen molar-refractivity contribution < 1.29 is 21.6 Å². The van der Waals surface area contributed by atoms with Crippen LogP contribution in [0.25, 0.3) is 0 Å². The van der Waals surface area contributed by atoms with Crippen LogP contribution in [0, 0.1) is 0 Å². The second-order valence-corrected chi connectivity index (χ2v) is 10.3. The minimum atomic E-state index is -4.58. The molecule has 0 aliphatic carbocycles. The predicted octanol–water partition coefficient (Wildman–Crippen LogP) is 2.76. The Hall–Kier alpha value is -2.43. The third-order valence-corrected chi connectivity index (χ3v) is 7.03. The van der Waals surface area contributed by atoms with E-state index in [0.717, 1.165) is 16.8 Å². The number of hydrogen-bond donors (Lipinski definition) is 0. The topological polar surface area (TPSA) is 90.1 Å². The van der Waals surface area contributed by atoms with E-state index in [1.807, 2.05) is 0 Å². The Balaban J connectivity index is 1.78. The normalized spacial score (nSPS) is 14.4. The quantitative estimate of drug-likeness (QED) is 0.492. The first-order valence-electron chi connectivity index (χ1n) is 9.59. The summed E-state index contributed by atoms with van der Waals surface area (Å²) in [5.41, 5.74) is -0.140. The molecule has 14 heteroatoms. The fraction of sp³-hybridized carbons (Fsp3) is 0.316. The van der Waals surface area contributed by atoms with Crippen molar-refractivity contribution in [2.75, 3.05) is 17.7 Å². The molecule has 3 heterocycles. The van der Waals surface area contributed by atoms with E-state index in [-0.39, 0.29) is 35.3 Å². The van der Waals surface area contributed by atoms with Gasteiger partial charge >= 0.3 is 6.18 Å². The van der Waals surface area contributed by atoms with Crippen LogP contribution < -0.4 is 10.5 Å². The van der Waals surface area contributed by atoms with Crippen molar-refractivity contribution in [1.29, 1.82) is 0 Å². The molecule has 1 aliphatic rings. The number of sulfone groups is 1. The highest BCUT2D eigenvalue weighted by Crippen LogP contribution is 2.34. The van der Waals surface area contributed by atoms with E-state index in [0.29, 0.717) is 23.6 Å². The molecule has 0 N–H and O–H groups in total. The Labute approximate surface area is 194 Å². The average Bonchev–Trinajstić information content (AvgIpc) is 3.10. The van der Waals surface area contributed by atoms with Crippen molar-refractivity contribution in [3.63, 3.8) is 0 Å². The highest BCUT2D eigenvalue weighted by atomic mass is 35.5. The van der Waals surface area contributed by atoms with Crippen LogP contribution in [0.5, 0.6) is 0 Å². The van der Waals surface area contributed by atoms with Crippen LogP contribution in [-0.2, 0) is 35.5 Å². The molecule has 0 saturated carbocycles. The van der Waals surface area contributed by atoms with Crippen molar-refractivity contribution >= 4 is 36.5 Å². The van der Waals surface area contributed by atoms with E-state index < -0.39 is 27.1 Å². The Morgan fingerprint density at radius 2 is 1.94 bits per heavy atom. The molecule has 0 radical (unpaired) electrons. The van der Waals surface area contributed by atoms with Gasteiger partial charge < -0.3 is 9.47 Å². The lowest BCUT2D eigenvalue weighted by Gasteiger charge is -2.29. The summed E-state index contributed by atoms with van der Waals surface area (Å²) in [5, 5.41) is 3.57. The lowest BCUT2D eigenvalue weighted by atomic mass is 10.1. The second kappa shape index (κ2) is 8.41. The Kier molecular flexibility index (Phi) is 6.05. The smallest absolute Gasteiger partial charge is 0.362 e. The zero-order valence-corrected chi connectivity index (χ0v) is 19.9. The number of aromatic nitrogens is 4. The van der Waals surface area contributed by atoms with Crippen LogP contribution in [0.2, 0.25) is 5.02 Å². The maximum atomic E-state index is 13.5. The zero-order chi connectivity index (χ0) is 24.1. The fourth-order valence-electron chi connectivity index (χ4n) is 3.83. The van der Waals surface area contributed by atoms with Crippen LogP contribution >= 0.6 is 21.0 Å². The van der Waals surface area contributed by atoms with Crippen molar-refractivity contribution in [1.82, 2.24) is 19.1 Å². The maximum absolute atomic E-state index is 13.5. The van der Waals surface area contributed by atoms with Gasteiger partial charge in [-0.3, -0.25) is 4.79 Å². The van der Waals surface area contributed by atoms with Crippen LogP contribution in [0.1, 0.15) is 22.5 Å². The number of imidazole rings is 1. The summed E-state index contributed by atoms with van der Waals surface area (Å²) in [6.45, 7) is 0.157. The molecule has 0 bridgehead atoms. The molecule has 1 unspecified atom stereocenters. The van der Waals surface area contributed by atoms with Gasteiger partial charge in [-0.1, -0.05) is 29.8 Å². The van der Waals surface area contributed by atoms with Gasteiger partial charge in [-0.2, -0.15) is 18.3 Å². The summed E-state index contributed by atoms with van der Waals surface area (Å²) in [6, 6.07) is 5.04. The number of alkyl halides is 3. The monoisotopic (exact) mass is 519 g/mol. The number of rotatable bonds is 4. The number of hydrogen-bond acceptors (Lipinski definition) is 6. The minimum absolute atomic E-state index is 0.0506. The molecule has 0 saturated heterocycles. The van der Waals surface area contributed by atoms with Crippen LogP contribution in [0.4, 0.5) is 18.9 Å². The predicted molar refractivity (Wildman–Crippen MR) is 119 cm³/mol. The van der Waals surface area contributed by atoms with Gasteiger partial charge in [-0.05, 0) is 21.0 Å². The Morgan fingerprint density at radius 1 is 1.24 bits per heavy atom. The van der Waals surface area contributed by atoms with Gasteiger partial charge in [-0.15, -0.1) is 0 Å². The Bertz CT molecular complexity index is 1400. The third-order valence-electron chi connectivity index (χ3n) is 5.33. The number of halogens is 4. The number of anilines is 1. The summed E-state index contributed by atoms with van der Waals surface area (Å²) >= 11 is 6.18. The van der Waals surface area contributed by atoms with Crippen molar-refractivity contribution in [2.45, 2.75) is 30.8 Å². The molecule has 0 spiro atoms. The minimum Gasteiger partial charge on any atom is -0.362 e. The van der Waals surface area contributed by atoms with Crippen molar-refractivity contribution in [2.24, 2.45) is 0 Å². The molecule has 1 aromatic carbocycles. The molecule has 33 heavy (non-hydrogen) atoms. The lowest BCUT2D eigenvalue weighted by Crippen LogP contribution is -2.33. The van der Waals surface area contributed by atoms with Crippen molar-refractivity contribution in [3.8, 4) is 0 Å².